The molecule has 1 heterocycles. The van der Waals surface area contributed by atoms with Crippen LogP contribution < -0.4 is 5.56 Å². The molecule has 1 aliphatic rings. The Morgan fingerprint density at radius 3 is 2.61 bits per heavy atom. The molecule has 3 rings (SSSR count). The van der Waals surface area contributed by atoms with Gasteiger partial charge < -0.3 is 0 Å². The fourth-order valence-corrected chi connectivity index (χ4v) is 2.54. The van der Waals surface area contributed by atoms with Gasteiger partial charge in [0, 0.05) is 5.56 Å². The molecule has 0 amide bonds. The zero-order valence-electron chi connectivity index (χ0n) is 10.3. The van der Waals surface area contributed by atoms with Crippen LogP contribution in [0.5, 0.6) is 0 Å². The van der Waals surface area contributed by atoms with Crippen LogP contribution in [0.15, 0.2) is 41.5 Å². The first-order valence-electron chi connectivity index (χ1n) is 6.51. The monoisotopic (exact) mass is 240 g/mol. The summed E-state index contributed by atoms with van der Waals surface area (Å²) in [5.41, 5.74) is 2.92. The van der Waals surface area contributed by atoms with Crippen molar-refractivity contribution in [2.75, 3.05) is 0 Å². The molecule has 18 heavy (non-hydrogen) atoms. The van der Waals surface area contributed by atoms with Crippen molar-refractivity contribution in [3.8, 4) is 5.69 Å². The molecule has 0 spiro atoms. The number of hydrogen-bond donors (Lipinski definition) is 0. The maximum atomic E-state index is 12.5. The standard InChI is InChI=1S/C15H16N2O/c18-15-13-9-5-2-6-10-14(13)16-11-17(15)12-7-3-1-4-8-12/h1,3-4,7-8,11H,2,5-6,9-10H2. The number of fused-ring (bicyclic) bond motifs is 1. The summed E-state index contributed by atoms with van der Waals surface area (Å²) in [5, 5.41) is 0. The zero-order chi connectivity index (χ0) is 12.4. The molecule has 1 aromatic carbocycles. The van der Waals surface area contributed by atoms with Crippen LogP contribution >= 0.6 is 0 Å². The minimum absolute atomic E-state index is 0.105. The Hall–Kier alpha value is -1.90. The first kappa shape index (κ1) is 11.2. The van der Waals surface area contributed by atoms with Crippen molar-refractivity contribution in [1.29, 1.82) is 0 Å². The second-order valence-corrected chi connectivity index (χ2v) is 4.74. The summed E-state index contributed by atoms with van der Waals surface area (Å²) in [4.78, 5) is 17.0. The molecule has 0 radical (unpaired) electrons. The zero-order valence-corrected chi connectivity index (χ0v) is 10.3. The van der Waals surface area contributed by atoms with E-state index in [1.54, 1.807) is 10.9 Å². The highest BCUT2D eigenvalue weighted by atomic mass is 16.1. The largest absolute Gasteiger partial charge is 0.269 e. The molecular formula is C15H16N2O. The van der Waals surface area contributed by atoms with Gasteiger partial charge in [-0.25, -0.2) is 4.98 Å². The van der Waals surface area contributed by atoms with E-state index in [4.69, 9.17) is 0 Å². The van der Waals surface area contributed by atoms with Gasteiger partial charge in [0.2, 0.25) is 0 Å². The Balaban J connectivity index is 2.14. The van der Waals surface area contributed by atoms with E-state index < -0.39 is 0 Å². The Bertz CT molecular complexity index is 602. The third-order valence-electron chi connectivity index (χ3n) is 3.53. The van der Waals surface area contributed by atoms with Crippen LogP contribution in [-0.2, 0) is 12.8 Å². The van der Waals surface area contributed by atoms with E-state index in [-0.39, 0.29) is 5.56 Å². The lowest BCUT2D eigenvalue weighted by molar-refractivity contribution is 0.708. The van der Waals surface area contributed by atoms with Crippen molar-refractivity contribution >= 4 is 0 Å². The molecule has 0 N–H and O–H groups in total. The van der Waals surface area contributed by atoms with Gasteiger partial charge in [0.15, 0.2) is 0 Å². The van der Waals surface area contributed by atoms with Gasteiger partial charge in [-0.2, -0.15) is 0 Å². The SMILES string of the molecule is O=c1c2c(ncn1-c1ccccc1)CCCCC2. The third-order valence-corrected chi connectivity index (χ3v) is 3.53. The van der Waals surface area contributed by atoms with Crippen LogP contribution in [0, 0.1) is 0 Å². The van der Waals surface area contributed by atoms with Gasteiger partial charge in [-0.3, -0.25) is 9.36 Å². The van der Waals surface area contributed by atoms with Gasteiger partial charge >= 0.3 is 0 Å². The molecule has 92 valence electrons. The van der Waals surface area contributed by atoms with Gasteiger partial charge in [0.05, 0.1) is 11.4 Å². The minimum Gasteiger partial charge on any atom is -0.269 e. The minimum atomic E-state index is 0.105. The van der Waals surface area contributed by atoms with E-state index in [9.17, 15) is 4.79 Å². The normalized spacial score (nSPS) is 14.9. The Labute approximate surface area is 106 Å². The molecule has 0 aliphatic heterocycles. The highest BCUT2D eigenvalue weighted by Crippen LogP contribution is 2.16. The van der Waals surface area contributed by atoms with Crippen LogP contribution in [0.4, 0.5) is 0 Å². The number of hydrogen-bond acceptors (Lipinski definition) is 2. The van der Waals surface area contributed by atoms with E-state index in [2.05, 4.69) is 4.98 Å². The molecule has 0 bridgehead atoms. The van der Waals surface area contributed by atoms with Crippen molar-refractivity contribution in [2.24, 2.45) is 0 Å². The Morgan fingerprint density at radius 2 is 1.78 bits per heavy atom. The molecule has 3 nitrogen and oxygen atoms in total. The second-order valence-electron chi connectivity index (χ2n) is 4.74. The van der Waals surface area contributed by atoms with Gasteiger partial charge in [0.25, 0.3) is 5.56 Å². The summed E-state index contributed by atoms with van der Waals surface area (Å²) in [6.45, 7) is 0. The fourth-order valence-electron chi connectivity index (χ4n) is 2.54. The van der Waals surface area contributed by atoms with Gasteiger partial charge in [-0.1, -0.05) is 24.6 Å². The average Bonchev–Trinajstić information content (AvgIpc) is 2.66. The molecule has 0 unspecified atom stereocenters. The Kier molecular flexibility index (Phi) is 2.97. The van der Waals surface area contributed by atoms with Crippen LogP contribution in [0.1, 0.15) is 30.5 Å². The van der Waals surface area contributed by atoms with Crippen LogP contribution in [-0.4, -0.2) is 9.55 Å². The molecule has 3 heteroatoms. The second kappa shape index (κ2) is 4.77. The number of rotatable bonds is 1. The smallest absolute Gasteiger partial charge is 0.261 e. The molecule has 0 atom stereocenters. The van der Waals surface area contributed by atoms with Crippen LogP contribution in [0.3, 0.4) is 0 Å². The van der Waals surface area contributed by atoms with E-state index in [0.29, 0.717) is 0 Å². The topological polar surface area (TPSA) is 34.9 Å². The van der Waals surface area contributed by atoms with E-state index in [0.717, 1.165) is 42.6 Å². The number of aromatic nitrogens is 2. The number of para-hydroxylation sites is 1. The Morgan fingerprint density at radius 1 is 1.00 bits per heavy atom. The number of nitrogens with zero attached hydrogens (tertiary/aromatic N) is 2. The van der Waals surface area contributed by atoms with Gasteiger partial charge in [-0.15, -0.1) is 0 Å². The molecule has 0 saturated heterocycles. The lowest BCUT2D eigenvalue weighted by Gasteiger charge is -2.09. The quantitative estimate of drug-likeness (QED) is 0.718. The lowest BCUT2D eigenvalue weighted by atomic mass is 10.1. The van der Waals surface area contributed by atoms with Crippen molar-refractivity contribution in [2.45, 2.75) is 32.1 Å². The summed E-state index contributed by atoms with van der Waals surface area (Å²) in [6, 6.07) is 9.70. The number of aryl methyl sites for hydroxylation is 1. The predicted octanol–water partition coefficient (Wildman–Crippen LogP) is 2.50. The molecular weight excluding hydrogens is 224 g/mol. The van der Waals surface area contributed by atoms with Crippen LogP contribution in [0.2, 0.25) is 0 Å². The van der Waals surface area contributed by atoms with Crippen LogP contribution in [0.25, 0.3) is 5.69 Å². The molecule has 1 aliphatic carbocycles. The van der Waals surface area contributed by atoms with Crippen molar-refractivity contribution < 1.29 is 0 Å². The van der Waals surface area contributed by atoms with E-state index >= 15 is 0 Å². The molecule has 0 saturated carbocycles. The highest BCUT2D eigenvalue weighted by Gasteiger charge is 2.14. The fraction of sp³-hybridized carbons (Fsp3) is 0.333. The summed E-state index contributed by atoms with van der Waals surface area (Å²) < 4.78 is 1.66. The lowest BCUT2D eigenvalue weighted by Crippen LogP contribution is -2.24. The third kappa shape index (κ3) is 1.96. The molecule has 2 aromatic rings. The summed E-state index contributed by atoms with van der Waals surface area (Å²) >= 11 is 0. The van der Waals surface area contributed by atoms with Crippen molar-refractivity contribution in [1.82, 2.24) is 9.55 Å². The van der Waals surface area contributed by atoms with Crippen molar-refractivity contribution in [3.05, 3.63) is 58.3 Å². The molecule has 1 aromatic heterocycles. The predicted molar refractivity (Wildman–Crippen MR) is 71.1 cm³/mol. The van der Waals surface area contributed by atoms with Gasteiger partial charge in [0.1, 0.15) is 6.33 Å². The maximum Gasteiger partial charge on any atom is 0.261 e. The van der Waals surface area contributed by atoms with E-state index in [1.807, 2.05) is 30.3 Å². The van der Waals surface area contributed by atoms with Gasteiger partial charge in [-0.05, 0) is 37.8 Å². The number of benzene rings is 1. The highest BCUT2D eigenvalue weighted by molar-refractivity contribution is 5.33. The maximum absolute atomic E-state index is 12.5. The molecule has 0 fully saturated rings. The van der Waals surface area contributed by atoms with E-state index in [1.165, 1.54) is 6.42 Å². The summed E-state index contributed by atoms with van der Waals surface area (Å²) in [6.07, 6.45) is 6.93. The summed E-state index contributed by atoms with van der Waals surface area (Å²) in [5.74, 6) is 0. The first-order valence-corrected chi connectivity index (χ1v) is 6.51. The average molecular weight is 240 g/mol. The van der Waals surface area contributed by atoms with Crippen molar-refractivity contribution in [3.63, 3.8) is 0 Å². The first-order chi connectivity index (χ1) is 8.86. The summed E-state index contributed by atoms with van der Waals surface area (Å²) in [7, 11) is 0.